The van der Waals surface area contributed by atoms with Crippen LogP contribution >= 0.6 is 15.9 Å². The summed E-state index contributed by atoms with van der Waals surface area (Å²) in [5.41, 5.74) is 1.25. The zero-order valence-electron chi connectivity index (χ0n) is 10.6. The van der Waals surface area contributed by atoms with Gasteiger partial charge in [0.25, 0.3) is 5.91 Å². The first-order valence-electron chi connectivity index (χ1n) is 5.72. The van der Waals surface area contributed by atoms with E-state index in [1.807, 2.05) is 0 Å². The summed E-state index contributed by atoms with van der Waals surface area (Å²) < 4.78 is 0.655. The van der Waals surface area contributed by atoms with E-state index in [1.54, 1.807) is 31.3 Å². The van der Waals surface area contributed by atoms with Gasteiger partial charge in [-0.1, -0.05) is 0 Å². The van der Waals surface area contributed by atoms with Gasteiger partial charge in [0.15, 0.2) is 0 Å². The summed E-state index contributed by atoms with van der Waals surface area (Å²) in [4.78, 5) is 28.5. The van der Waals surface area contributed by atoms with Gasteiger partial charge in [-0.25, -0.2) is 9.78 Å². The number of anilines is 1. The number of rotatable bonds is 3. The maximum atomic E-state index is 12.2. The van der Waals surface area contributed by atoms with Gasteiger partial charge in [-0.15, -0.1) is 0 Å². The van der Waals surface area contributed by atoms with Gasteiger partial charge in [-0.2, -0.15) is 0 Å². The number of benzene rings is 1. The molecule has 0 bridgehead atoms. The minimum Gasteiger partial charge on any atom is -0.478 e. The van der Waals surface area contributed by atoms with Crippen LogP contribution in [-0.2, 0) is 0 Å². The molecular weight excluding hydrogens is 324 g/mol. The number of aromatic nitrogens is 1. The molecule has 1 aromatic heterocycles. The monoisotopic (exact) mass is 334 g/mol. The highest BCUT2D eigenvalue weighted by Gasteiger charge is 2.14. The standard InChI is InChI=1S/C14H11BrN2O3/c1-17(11-5-2-9(3-6-11)14(19)20)13(18)10-4-7-12(15)16-8-10/h2-8H,1H3,(H,19,20). The van der Waals surface area contributed by atoms with E-state index < -0.39 is 5.97 Å². The van der Waals surface area contributed by atoms with Gasteiger partial charge in [0.05, 0.1) is 11.1 Å². The smallest absolute Gasteiger partial charge is 0.335 e. The number of carboxylic acids is 1. The molecule has 1 N–H and O–H groups in total. The Balaban J connectivity index is 2.22. The van der Waals surface area contributed by atoms with Gasteiger partial charge in [-0.05, 0) is 52.3 Å². The highest BCUT2D eigenvalue weighted by atomic mass is 79.9. The van der Waals surface area contributed by atoms with Crippen LogP contribution in [0.4, 0.5) is 5.69 Å². The van der Waals surface area contributed by atoms with Crippen molar-refractivity contribution in [1.82, 2.24) is 4.98 Å². The normalized spacial score (nSPS) is 10.1. The Hall–Kier alpha value is -2.21. The molecule has 0 saturated carbocycles. The van der Waals surface area contributed by atoms with E-state index in [2.05, 4.69) is 20.9 Å². The molecule has 0 atom stereocenters. The molecule has 0 aliphatic heterocycles. The Morgan fingerprint density at radius 1 is 1.10 bits per heavy atom. The molecule has 0 aliphatic carbocycles. The Labute approximate surface area is 124 Å². The number of pyridine rings is 1. The van der Waals surface area contributed by atoms with Crippen molar-refractivity contribution in [1.29, 1.82) is 0 Å². The molecule has 0 spiro atoms. The lowest BCUT2D eigenvalue weighted by molar-refractivity contribution is 0.0696. The number of amides is 1. The van der Waals surface area contributed by atoms with Crippen LogP contribution in [-0.4, -0.2) is 29.0 Å². The molecule has 0 saturated heterocycles. The second kappa shape index (κ2) is 5.83. The predicted molar refractivity (Wildman–Crippen MR) is 78.1 cm³/mol. The summed E-state index contributed by atoms with van der Waals surface area (Å²) in [6.07, 6.45) is 1.48. The van der Waals surface area contributed by atoms with Crippen molar-refractivity contribution < 1.29 is 14.7 Å². The molecular formula is C14H11BrN2O3. The summed E-state index contributed by atoms with van der Waals surface area (Å²) >= 11 is 3.21. The number of nitrogens with zero attached hydrogens (tertiary/aromatic N) is 2. The summed E-state index contributed by atoms with van der Waals surface area (Å²) in [7, 11) is 1.63. The molecule has 20 heavy (non-hydrogen) atoms. The quantitative estimate of drug-likeness (QED) is 0.876. The number of halogens is 1. The lowest BCUT2D eigenvalue weighted by Gasteiger charge is -2.17. The van der Waals surface area contributed by atoms with Gasteiger partial charge in [-0.3, -0.25) is 4.79 Å². The van der Waals surface area contributed by atoms with Crippen molar-refractivity contribution in [3.63, 3.8) is 0 Å². The van der Waals surface area contributed by atoms with Crippen LogP contribution in [0.2, 0.25) is 0 Å². The van der Waals surface area contributed by atoms with E-state index in [1.165, 1.54) is 23.2 Å². The first-order chi connectivity index (χ1) is 9.49. The third kappa shape index (κ3) is 3.03. The van der Waals surface area contributed by atoms with Crippen LogP contribution in [0.3, 0.4) is 0 Å². The molecule has 1 aromatic carbocycles. The number of hydrogen-bond acceptors (Lipinski definition) is 3. The maximum Gasteiger partial charge on any atom is 0.335 e. The van der Waals surface area contributed by atoms with Crippen molar-refractivity contribution in [2.45, 2.75) is 0 Å². The summed E-state index contributed by atoms with van der Waals surface area (Å²) in [5, 5.41) is 8.83. The van der Waals surface area contributed by atoms with E-state index in [0.717, 1.165) is 0 Å². The molecule has 2 aromatic rings. The molecule has 5 nitrogen and oxygen atoms in total. The fraction of sp³-hybridized carbons (Fsp3) is 0.0714. The van der Waals surface area contributed by atoms with Crippen LogP contribution in [0.5, 0.6) is 0 Å². The Morgan fingerprint density at radius 3 is 2.20 bits per heavy atom. The summed E-state index contributed by atoms with van der Waals surface area (Å²) in [5.74, 6) is -1.21. The molecule has 0 radical (unpaired) electrons. The molecule has 1 amide bonds. The zero-order chi connectivity index (χ0) is 14.7. The van der Waals surface area contributed by atoms with Crippen molar-refractivity contribution >= 4 is 33.5 Å². The SMILES string of the molecule is CN(C(=O)c1ccc(Br)nc1)c1ccc(C(=O)O)cc1. The number of aromatic carboxylic acids is 1. The van der Waals surface area contributed by atoms with Crippen LogP contribution in [0.25, 0.3) is 0 Å². The van der Waals surface area contributed by atoms with Gasteiger partial charge < -0.3 is 10.0 Å². The van der Waals surface area contributed by atoms with Gasteiger partial charge in [0.2, 0.25) is 0 Å². The lowest BCUT2D eigenvalue weighted by atomic mass is 10.2. The first-order valence-corrected chi connectivity index (χ1v) is 6.51. The van der Waals surface area contributed by atoms with E-state index in [0.29, 0.717) is 15.9 Å². The molecule has 6 heteroatoms. The van der Waals surface area contributed by atoms with Gasteiger partial charge in [0, 0.05) is 18.9 Å². The van der Waals surface area contributed by atoms with Gasteiger partial charge in [0.1, 0.15) is 4.60 Å². The van der Waals surface area contributed by atoms with Crippen molar-refractivity contribution in [3.05, 3.63) is 58.3 Å². The number of hydrogen-bond donors (Lipinski definition) is 1. The third-order valence-corrected chi connectivity index (χ3v) is 3.25. The van der Waals surface area contributed by atoms with Crippen LogP contribution in [0, 0.1) is 0 Å². The van der Waals surface area contributed by atoms with E-state index >= 15 is 0 Å². The van der Waals surface area contributed by atoms with Gasteiger partial charge >= 0.3 is 5.97 Å². The molecule has 102 valence electrons. The second-order valence-electron chi connectivity index (χ2n) is 4.09. The van der Waals surface area contributed by atoms with Crippen LogP contribution in [0.1, 0.15) is 20.7 Å². The lowest BCUT2D eigenvalue weighted by Crippen LogP contribution is -2.26. The topological polar surface area (TPSA) is 70.5 Å². The predicted octanol–water partition coefficient (Wildman–Crippen LogP) is 2.82. The summed E-state index contributed by atoms with van der Waals surface area (Å²) in [6.45, 7) is 0. The highest BCUT2D eigenvalue weighted by molar-refractivity contribution is 9.10. The first kappa shape index (κ1) is 14.2. The Morgan fingerprint density at radius 2 is 1.70 bits per heavy atom. The van der Waals surface area contributed by atoms with E-state index in [4.69, 9.17) is 5.11 Å². The number of carbonyl (C=O) groups excluding carboxylic acids is 1. The molecule has 2 rings (SSSR count). The highest BCUT2D eigenvalue weighted by Crippen LogP contribution is 2.17. The van der Waals surface area contributed by atoms with Crippen molar-refractivity contribution in [2.24, 2.45) is 0 Å². The number of carboxylic acid groups (broad SMARTS) is 1. The Bertz CT molecular complexity index is 638. The van der Waals surface area contributed by atoms with Crippen LogP contribution in [0.15, 0.2) is 47.2 Å². The largest absolute Gasteiger partial charge is 0.478 e. The minimum atomic E-state index is -0.998. The van der Waals surface area contributed by atoms with E-state index in [-0.39, 0.29) is 11.5 Å². The molecule has 0 unspecified atom stereocenters. The van der Waals surface area contributed by atoms with Crippen molar-refractivity contribution in [2.75, 3.05) is 11.9 Å². The maximum absolute atomic E-state index is 12.2. The number of carbonyl (C=O) groups is 2. The van der Waals surface area contributed by atoms with Crippen molar-refractivity contribution in [3.8, 4) is 0 Å². The third-order valence-electron chi connectivity index (χ3n) is 2.78. The molecule has 0 fully saturated rings. The average molecular weight is 335 g/mol. The second-order valence-corrected chi connectivity index (χ2v) is 4.90. The average Bonchev–Trinajstić information content (AvgIpc) is 2.46. The summed E-state index contributed by atoms with van der Waals surface area (Å²) in [6, 6.07) is 9.46. The van der Waals surface area contributed by atoms with E-state index in [9.17, 15) is 9.59 Å². The fourth-order valence-electron chi connectivity index (χ4n) is 1.64. The molecule has 1 heterocycles. The van der Waals surface area contributed by atoms with Crippen LogP contribution < -0.4 is 4.90 Å². The Kier molecular flexibility index (Phi) is 4.14. The molecule has 0 aliphatic rings. The minimum absolute atomic E-state index is 0.180. The fourth-order valence-corrected chi connectivity index (χ4v) is 1.88. The zero-order valence-corrected chi connectivity index (χ0v) is 12.2.